The van der Waals surface area contributed by atoms with E-state index in [0.717, 1.165) is 11.1 Å². The first kappa shape index (κ1) is 15.2. The topological polar surface area (TPSA) is 57.8 Å². The van der Waals surface area contributed by atoms with Gasteiger partial charge in [-0.05, 0) is 25.1 Å². The minimum Gasteiger partial charge on any atom is -0.324 e. The van der Waals surface area contributed by atoms with Crippen molar-refractivity contribution in [2.75, 3.05) is 5.32 Å². The SMILES string of the molecule is Cc1ccc(-c2cc(=O)[nH]c(Nc3ccc(F)cc3Cl)n2)cc1. The molecule has 23 heavy (non-hydrogen) atoms. The van der Waals surface area contributed by atoms with Crippen LogP contribution in [0.2, 0.25) is 5.02 Å². The number of aromatic nitrogens is 2. The maximum Gasteiger partial charge on any atom is 0.252 e. The lowest BCUT2D eigenvalue weighted by molar-refractivity contribution is 0.628. The summed E-state index contributed by atoms with van der Waals surface area (Å²) in [7, 11) is 0. The Morgan fingerprint density at radius 2 is 1.87 bits per heavy atom. The number of benzene rings is 2. The van der Waals surface area contributed by atoms with Crippen LogP contribution in [0.15, 0.2) is 53.3 Å². The molecule has 6 heteroatoms. The van der Waals surface area contributed by atoms with Crippen LogP contribution in [-0.2, 0) is 0 Å². The molecule has 0 bridgehead atoms. The summed E-state index contributed by atoms with van der Waals surface area (Å²) < 4.78 is 13.1. The van der Waals surface area contributed by atoms with Gasteiger partial charge >= 0.3 is 0 Å². The lowest BCUT2D eigenvalue weighted by Crippen LogP contribution is -2.10. The van der Waals surface area contributed by atoms with Crippen molar-refractivity contribution in [3.8, 4) is 11.3 Å². The van der Waals surface area contributed by atoms with Crippen molar-refractivity contribution < 1.29 is 4.39 Å². The highest BCUT2D eigenvalue weighted by Crippen LogP contribution is 2.25. The van der Waals surface area contributed by atoms with Gasteiger partial charge in [-0.1, -0.05) is 41.4 Å². The Balaban J connectivity index is 1.97. The van der Waals surface area contributed by atoms with Gasteiger partial charge in [0.05, 0.1) is 16.4 Å². The van der Waals surface area contributed by atoms with Gasteiger partial charge in [-0.3, -0.25) is 9.78 Å². The molecule has 0 aliphatic rings. The Kier molecular flexibility index (Phi) is 4.12. The second kappa shape index (κ2) is 6.22. The van der Waals surface area contributed by atoms with Crippen LogP contribution in [0.3, 0.4) is 0 Å². The highest BCUT2D eigenvalue weighted by Gasteiger charge is 2.07. The van der Waals surface area contributed by atoms with Gasteiger partial charge in [0.2, 0.25) is 5.95 Å². The Bertz CT molecular complexity index is 906. The van der Waals surface area contributed by atoms with E-state index in [1.165, 1.54) is 24.3 Å². The summed E-state index contributed by atoms with van der Waals surface area (Å²) in [5.41, 5.74) is 2.65. The summed E-state index contributed by atoms with van der Waals surface area (Å²) in [6.07, 6.45) is 0. The van der Waals surface area contributed by atoms with Crippen molar-refractivity contribution >= 4 is 23.2 Å². The zero-order valence-corrected chi connectivity index (χ0v) is 13.0. The van der Waals surface area contributed by atoms with E-state index in [-0.39, 0.29) is 16.5 Å². The van der Waals surface area contributed by atoms with E-state index in [4.69, 9.17) is 11.6 Å². The predicted molar refractivity (Wildman–Crippen MR) is 89.7 cm³/mol. The maximum absolute atomic E-state index is 13.1. The van der Waals surface area contributed by atoms with Crippen molar-refractivity contribution in [1.29, 1.82) is 0 Å². The average molecular weight is 330 g/mol. The molecule has 3 aromatic rings. The summed E-state index contributed by atoms with van der Waals surface area (Å²) in [6.45, 7) is 1.98. The monoisotopic (exact) mass is 329 g/mol. The molecule has 2 N–H and O–H groups in total. The van der Waals surface area contributed by atoms with Gasteiger partial charge in [0.15, 0.2) is 0 Å². The lowest BCUT2D eigenvalue weighted by Gasteiger charge is -2.09. The number of hydrogen-bond acceptors (Lipinski definition) is 3. The lowest BCUT2D eigenvalue weighted by atomic mass is 10.1. The summed E-state index contributed by atoms with van der Waals surface area (Å²) in [4.78, 5) is 18.8. The molecule has 0 radical (unpaired) electrons. The van der Waals surface area contributed by atoms with Crippen LogP contribution in [0.4, 0.5) is 16.0 Å². The van der Waals surface area contributed by atoms with Gasteiger partial charge in [-0.15, -0.1) is 0 Å². The van der Waals surface area contributed by atoms with Crippen LogP contribution in [0.25, 0.3) is 11.3 Å². The van der Waals surface area contributed by atoms with E-state index >= 15 is 0 Å². The molecule has 0 amide bonds. The fourth-order valence-electron chi connectivity index (χ4n) is 2.11. The predicted octanol–water partition coefficient (Wildman–Crippen LogP) is 4.28. The van der Waals surface area contributed by atoms with Gasteiger partial charge in [0.1, 0.15) is 5.82 Å². The molecule has 0 saturated carbocycles. The third-order valence-electron chi connectivity index (χ3n) is 3.27. The molecule has 0 saturated heterocycles. The van der Waals surface area contributed by atoms with Gasteiger partial charge in [-0.25, -0.2) is 9.37 Å². The second-order valence-corrected chi connectivity index (χ2v) is 5.50. The summed E-state index contributed by atoms with van der Waals surface area (Å²) in [5.74, 6) is -0.197. The van der Waals surface area contributed by atoms with Crippen molar-refractivity contribution in [2.45, 2.75) is 6.92 Å². The highest BCUT2D eigenvalue weighted by atomic mass is 35.5. The van der Waals surface area contributed by atoms with E-state index in [1.807, 2.05) is 31.2 Å². The number of hydrogen-bond donors (Lipinski definition) is 2. The number of rotatable bonds is 3. The first-order chi connectivity index (χ1) is 11.0. The Morgan fingerprint density at radius 3 is 2.57 bits per heavy atom. The van der Waals surface area contributed by atoms with E-state index in [1.54, 1.807) is 0 Å². The number of anilines is 2. The first-order valence-corrected chi connectivity index (χ1v) is 7.29. The largest absolute Gasteiger partial charge is 0.324 e. The smallest absolute Gasteiger partial charge is 0.252 e. The summed E-state index contributed by atoms with van der Waals surface area (Å²) in [5, 5.41) is 3.10. The third kappa shape index (κ3) is 3.57. The van der Waals surface area contributed by atoms with Crippen LogP contribution in [-0.4, -0.2) is 9.97 Å². The molecular formula is C17H13ClFN3O. The highest BCUT2D eigenvalue weighted by molar-refractivity contribution is 6.33. The van der Waals surface area contributed by atoms with Gasteiger partial charge in [0, 0.05) is 11.6 Å². The summed E-state index contributed by atoms with van der Waals surface area (Å²) in [6, 6.07) is 13.0. The number of aryl methyl sites for hydroxylation is 1. The van der Waals surface area contributed by atoms with Crippen LogP contribution < -0.4 is 10.9 Å². The van der Waals surface area contributed by atoms with E-state index < -0.39 is 5.82 Å². The first-order valence-electron chi connectivity index (χ1n) is 6.92. The summed E-state index contributed by atoms with van der Waals surface area (Å²) >= 11 is 5.97. The van der Waals surface area contributed by atoms with Crippen molar-refractivity contribution in [3.63, 3.8) is 0 Å². The molecule has 1 aromatic heterocycles. The number of aromatic amines is 1. The molecule has 0 spiro atoms. The number of halogens is 2. The minimum absolute atomic E-state index is 0.202. The molecule has 0 atom stereocenters. The number of nitrogens with one attached hydrogen (secondary N) is 2. The molecular weight excluding hydrogens is 317 g/mol. The van der Waals surface area contributed by atoms with Gasteiger partial charge in [0.25, 0.3) is 5.56 Å². The molecule has 0 aliphatic heterocycles. The minimum atomic E-state index is -0.435. The molecule has 4 nitrogen and oxygen atoms in total. The van der Waals surface area contributed by atoms with Gasteiger partial charge in [-0.2, -0.15) is 0 Å². The number of nitrogens with zero attached hydrogens (tertiary/aromatic N) is 1. The van der Waals surface area contributed by atoms with E-state index in [9.17, 15) is 9.18 Å². The van der Waals surface area contributed by atoms with E-state index in [2.05, 4.69) is 15.3 Å². The Hall–Kier alpha value is -2.66. The zero-order chi connectivity index (χ0) is 16.4. The Morgan fingerprint density at radius 1 is 1.13 bits per heavy atom. The molecule has 0 unspecified atom stereocenters. The van der Waals surface area contributed by atoms with Crippen LogP contribution in [0.5, 0.6) is 0 Å². The maximum atomic E-state index is 13.1. The van der Waals surface area contributed by atoms with Gasteiger partial charge < -0.3 is 5.32 Å². The van der Waals surface area contributed by atoms with Crippen LogP contribution in [0.1, 0.15) is 5.56 Å². The molecule has 3 rings (SSSR count). The fraction of sp³-hybridized carbons (Fsp3) is 0.0588. The standard InChI is InChI=1S/C17H13ClFN3O/c1-10-2-4-11(5-3-10)15-9-16(23)22-17(21-15)20-14-7-6-12(19)8-13(14)18/h2-9H,1H3,(H2,20,21,22,23). The zero-order valence-electron chi connectivity index (χ0n) is 12.2. The molecule has 116 valence electrons. The molecule has 0 aliphatic carbocycles. The van der Waals surface area contributed by atoms with E-state index in [0.29, 0.717) is 11.4 Å². The third-order valence-corrected chi connectivity index (χ3v) is 3.59. The normalized spacial score (nSPS) is 10.6. The van der Waals surface area contributed by atoms with Crippen molar-refractivity contribution in [3.05, 3.63) is 75.3 Å². The Labute approximate surface area is 137 Å². The quantitative estimate of drug-likeness (QED) is 0.754. The fourth-order valence-corrected chi connectivity index (χ4v) is 2.32. The number of H-pyrrole nitrogens is 1. The van der Waals surface area contributed by atoms with Crippen LogP contribution in [0, 0.1) is 12.7 Å². The van der Waals surface area contributed by atoms with Crippen molar-refractivity contribution in [2.24, 2.45) is 0 Å². The van der Waals surface area contributed by atoms with Crippen molar-refractivity contribution in [1.82, 2.24) is 9.97 Å². The molecule has 2 aromatic carbocycles. The average Bonchev–Trinajstić information content (AvgIpc) is 2.50. The molecule has 1 heterocycles. The second-order valence-electron chi connectivity index (χ2n) is 5.09. The molecule has 0 fully saturated rings. The van der Waals surface area contributed by atoms with Crippen LogP contribution >= 0.6 is 11.6 Å².